The average molecular weight is 269 g/mol. The van der Waals surface area contributed by atoms with Crippen LogP contribution < -0.4 is 5.32 Å². The second-order valence-electron chi connectivity index (χ2n) is 5.25. The van der Waals surface area contributed by atoms with Crippen molar-refractivity contribution in [3.8, 4) is 0 Å². The van der Waals surface area contributed by atoms with Gasteiger partial charge in [-0.05, 0) is 26.3 Å². The van der Waals surface area contributed by atoms with Crippen molar-refractivity contribution in [3.63, 3.8) is 0 Å². The number of nitrogens with zero attached hydrogens (tertiary/aromatic N) is 2. The maximum Gasteiger partial charge on any atom is 0.231 e. The highest BCUT2D eigenvalue weighted by atomic mass is 16.5. The molecule has 1 N–H and O–H groups in total. The van der Waals surface area contributed by atoms with Gasteiger partial charge in [0.1, 0.15) is 6.10 Å². The zero-order valence-electron chi connectivity index (χ0n) is 12.9. The maximum atomic E-state index is 5.69. The molecule has 1 aromatic heterocycles. The van der Waals surface area contributed by atoms with E-state index in [1.807, 2.05) is 6.92 Å². The number of ether oxygens (including phenoxy) is 1. The Morgan fingerprint density at radius 2 is 1.89 bits per heavy atom. The van der Waals surface area contributed by atoms with Gasteiger partial charge in [0.05, 0.1) is 5.92 Å². The molecule has 0 aliphatic carbocycles. The summed E-state index contributed by atoms with van der Waals surface area (Å²) in [5, 5.41) is 7.45. The van der Waals surface area contributed by atoms with Gasteiger partial charge in [-0.2, -0.15) is 4.98 Å². The minimum atomic E-state index is -0.0934. The van der Waals surface area contributed by atoms with Crippen molar-refractivity contribution in [1.82, 2.24) is 15.5 Å². The molecule has 0 aliphatic rings. The monoisotopic (exact) mass is 269 g/mol. The van der Waals surface area contributed by atoms with E-state index in [9.17, 15) is 0 Å². The van der Waals surface area contributed by atoms with Crippen LogP contribution in [0.2, 0.25) is 0 Å². The Hall–Kier alpha value is -0.940. The fourth-order valence-corrected chi connectivity index (χ4v) is 2.01. The predicted octanol–water partition coefficient (Wildman–Crippen LogP) is 2.90. The molecule has 0 saturated carbocycles. The van der Waals surface area contributed by atoms with Crippen LogP contribution in [0.1, 0.15) is 65.3 Å². The van der Waals surface area contributed by atoms with Gasteiger partial charge in [0, 0.05) is 12.6 Å². The van der Waals surface area contributed by atoms with Crippen LogP contribution in [0.5, 0.6) is 0 Å². The standard InChI is InChI=1S/C14H27N3O2/c1-7-15-11(6)10(5)14-16-13(17-19-14)12(9(3)4)18-8-2/h9-12,15H,7-8H2,1-6H3. The summed E-state index contributed by atoms with van der Waals surface area (Å²) in [5.74, 6) is 1.85. The van der Waals surface area contributed by atoms with E-state index in [-0.39, 0.29) is 12.0 Å². The molecule has 5 heteroatoms. The molecule has 0 saturated heterocycles. The lowest BCUT2D eigenvalue weighted by atomic mass is 10.0. The summed E-state index contributed by atoms with van der Waals surface area (Å²) in [6.07, 6.45) is -0.0934. The molecular formula is C14H27N3O2. The van der Waals surface area contributed by atoms with Crippen molar-refractivity contribution in [1.29, 1.82) is 0 Å². The van der Waals surface area contributed by atoms with E-state index in [1.54, 1.807) is 0 Å². The number of aromatic nitrogens is 2. The Kier molecular flexibility index (Phi) is 6.45. The summed E-state index contributed by atoms with van der Waals surface area (Å²) < 4.78 is 11.1. The highest BCUT2D eigenvalue weighted by Gasteiger charge is 2.25. The first-order valence-electron chi connectivity index (χ1n) is 7.19. The second kappa shape index (κ2) is 7.60. The van der Waals surface area contributed by atoms with Crippen molar-refractivity contribution in [2.24, 2.45) is 5.92 Å². The minimum absolute atomic E-state index is 0.0934. The Labute approximate surface area is 116 Å². The molecule has 0 aliphatic heterocycles. The summed E-state index contributed by atoms with van der Waals surface area (Å²) in [6.45, 7) is 14.1. The first-order valence-corrected chi connectivity index (χ1v) is 7.19. The van der Waals surface area contributed by atoms with Crippen LogP contribution in [-0.4, -0.2) is 29.3 Å². The van der Waals surface area contributed by atoms with E-state index in [4.69, 9.17) is 9.26 Å². The lowest BCUT2D eigenvalue weighted by molar-refractivity contribution is 0.0217. The van der Waals surface area contributed by atoms with Crippen LogP contribution in [-0.2, 0) is 4.74 Å². The first kappa shape index (κ1) is 16.1. The SMILES string of the molecule is CCNC(C)C(C)c1nc(C(OCC)C(C)C)no1. The molecule has 19 heavy (non-hydrogen) atoms. The van der Waals surface area contributed by atoms with E-state index in [0.29, 0.717) is 30.3 Å². The van der Waals surface area contributed by atoms with Crippen LogP contribution >= 0.6 is 0 Å². The van der Waals surface area contributed by atoms with Gasteiger partial charge in [0.2, 0.25) is 11.7 Å². The van der Waals surface area contributed by atoms with Crippen molar-refractivity contribution in [2.45, 2.75) is 59.6 Å². The van der Waals surface area contributed by atoms with Crippen molar-refractivity contribution < 1.29 is 9.26 Å². The predicted molar refractivity (Wildman–Crippen MR) is 75.1 cm³/mol. The summed E-state index contributed by atoms with van der Waals surface area (Å²) in [6, 6.07) is 0.308. The largest absolute Gasteiger partial charge is 0.370 e. The molecule has 3 atom stereocenters. The van der Waals surface area contributed by atoms with Gasteiger partial charge in [-0.1, -0.05) is 32.9 Å². The summed E-state index contributed by atoms with van der Waals surface area (Å²) in [4.78, 5) is 4.51. The number of likely N-dealkylation sites (N-methyl/N-ethyl adjacent to an activating group) is 1. The van der Waals surface area contributed by atoms with Crippen LogP contribution in [0.4, 0.5) is 0 Å². The van der Waals surface area contributed by atoms with E-state index < -0.39 is 0 Å². The number of rotatable bonds is 8. The Morgan fingerprint density at radius 1 is 1.21 bits per heavy atom. The van der Waals surface area contributed by atoms with E-state index in [2.05, 4.69) is 50.1 Å². The van der Waals surface area contributed by atoms with E-state index in [0.717, 1.165) is 6.54 Å². The average Bonchev–Trinajstić information content (AvgIpc) is 2.84. The molecule has 0 aromatic carbocycles. The van der Waals surface area contributed by atoms with Gasteiger partial charge >= 0.3 is 0 Å². The number of hydrogen-bond donors (Lipinski definition) is 1. The third-order valence-corrected chi connectivity index (χ3v) is 3.33. The van der Waals surface area contributed by atoms with Crippen LogP contribution in [0.15, 0.2) is 4.52 Å². The minimum Gasteiger partial charge on any atom is -0.370 e. The van der Waals surface area contributed by atoms with Crippen molar-refractivity contribution >= 4 is 0 Å². The molecule has 0 amide bonds. The maximum absolute atomic E-state index is 5.69. The molecule has 0 bridgehead atoms. The van der Waals surface area contributed by atoms with Gasteiger partial charge < -0.3 is 14.6 Å². The fourth-order valence-electron chi connectivity index (χ4n) is 2.01. The van der Waals surface area contributed by atoms with Crippen LogP contribution in [0, 0.1) is 5.92 Å². The van der Waals surface area contributed by atoms with Crippen LogP contribution in [0.3, 0.4) is 0 Å². The lowest BCUT2D eigenvalue weighted by Crippen LogP contribution is -2.30. The molecule has 0 spiro atoms. The van der Waals surface area contributed by atoms with Gasteiger partial charge in [0.15, 0.2) is 0 Å². The zero-order chi connectivity index (χ0) is 14.4. The van der Waals surface area contributed by atoms with Gasteiger partial charge in [-0.25, -0.2) is 0 Å². The van der Waals surface area contributed by atoms with Crippen molar-refractivity contribution in [3.05, 3.63) is 11.7 Å². The zero-order valence-corrected chi connectivity index (χ0v) is 12.9. The van der Waals surface area contributed by atoms with Crippen LogP contribution in [0.25, 0.3) is 0 Å². The normalized spacial score (nSPS) is 16.6. The number of hydrogen-bond acceptors (Lipinski definition) is 5. The molecule has 3 unspecified atom stereocenters. The molecule has 1 rings (SSSR count). The highest BCUT2D eigenvalue weighted by Crippen LogP contribution is 2.25. The molecule has 110 valence electrons. The molecular weight excluding hydrogens is 242 g/mol. The van der Waals surface area contributed by atoms with Gasteiger partial charge in [-0.15, -0.1) is 0 Å². The third kappa shape index (κ3) is 4.28. The summed E-state index contributed by atoms with van der Waals surface area (Å²) in [7, 11) is 0. The molecule has 0 radical (unpaired) electrons. The highest BCUT2D eigenvalue weighted by molar-refractivity contribution is 4.99. The van der Waals surface area contributed by atoms with E-state index >= 15 is 0 Å². The third-order valence-electron chi connectivity index (χ3n) is 3.33. The van der Waals surface area contributed by atoms with Crippen molar-refractivity contribution in [2.75, 3.05) is 13.2 Å². The second-order valence-corrected chi connectivity index (χ2v) is 5.25. The smallest absolute Gasteiger partial charge is 0.231 e. The van der Waals surface area contributed by atoms with Gasteiger partial charge in [-0.3, -0.25) is 0 Å². The molecule has 1 aromatic rings. The Morgan fingerprint density at radius 3 is 2.42 bits per heavy atom. The number of nitrogens with one attached hydrogen (secondary N) is 1. The lowest BCUT2D eigenvalue weighted by Gasteiger charge is -2.17. The first-order chi connectivity index (χ1) is 9.01. The van der Waals surface area contributed by atoms with Gasteiger partial charge in [0.25, 0.3) is 0 Å². The molecule has 1 heterocycles. The van der Waals surface area contributed by atoms with E-state index in [1.165, 1.54) is 0 Å². The molecule has 5 nitrogen and oxygen atoms in total. The Balaban J connectivity index is 2.80. The fraction of sp³-hybridized carbons (Fsp3) is 0.857. The quantitative estimate of drug-likeness (QED) is 0.786. The summed E-state index contributed by atoms with van der Waals surface area (Å²) in [5.41, 5.74) is 0. The Bertz CT molecular complexity index is 365. The topological polar surface area (TPSA) is 60.2 Å². The summed E-state index contributed by atoms with van der Waals surface area (Å²) >= 11 is 0. The molecule has 0 fully saturated rings.